The maximum Gasteiger partial charge on any atom is 0.363 e. The molecule has 1 aliphatic heterocycles. The fraction of sp³-hybridized carbons (Fsp3) is 0.263. The molecule has 0 unspecified atom stereocenters. The van der Waals surface area contributed by atoms with E-state index in [0.29, 0.717) is 23.3 Å². The molecule has 2 aromatic rings. The van der Waals surface area contributed by atoms with Gasteiger partial charge in [0.1, 0.15) is 0 Å². The van der Waals surface area contributed by atoms with Crippen LogP contribution in [0.4, 0.5) is 5.13 Å². The van der Waals surface area contributed by atoms with Gasteiger partial charge in [-0.05, 0) is 39.0 Å². The van der Waals surface area contributed by atoms with Crippen LogP contribution >= 0.6 is 11.3 Å². The Morgan fingerprint density at radius 2 is 1.96 bits per heavy atom. The number of ether oxygens (including phenoxy) is 1. The summed E-state index contributed by atoms with van der Waals surface area (Å²) in [5.41, 5.74) is 3.68. The van der Waals surface area contributed by atoms with E-state index < -0.39 is 5.97 Å². The first-order chi connectivity index (χ1) is 12.4. The average molecular weight is 369 g/mol. The van der Waals surface area contributed by atoms with Gasteiger partial charge < -0.3 is 4.74 Å². The number of thiazole rings is 1. The second kappa shape index (κ2) is 7.21. The number of aliphatic imine (C=N–C) groups is 1. The number of aryl methyl sites for hydroxylation is 2. The summed E-state index contributed by atoms with van der Waals surface area (Å²) in [6.07, 6.45) is 1.58. The Labute approximate surface area is 155 Å². The van der Waals surface area contributed by atoms with Crippen LogP contribution in [-0.4, -0.2) is 29.3 Å². The van der Waals surface area contributed by atoms with E-state index in [0.717, 1.165) is 16.7 Å². The minimum Gasteiger partial charge on any atom is -0.402 e. The molecule has 7 heteroatoms. The minimum atomic E-state index is -0.507. The van der Waals surface area contributed by atoms with Crippen LogP contribution in [0.3, 0.4) is 0 Å². The van der Waals surface area contributed by atoms with Crippen LogP contribution in [0.1, 0.15) is 36.2 Å². The van der Waals surface area contributed by atoms with E-state index in [-0.39, 0.29) is 11.6 Å². The van der Waals surface area contributed by atoms with Gasteiger partial charge in [0.15, 0.2) is 10.8 Å². The molecule has 134 valence electrons. The van der Waals surface area contributed by atoms with Crippen molar-refractivity contribution >= 4 is 40.3 Å². The Morgan fingerprint density at radius 1 is 1.27 bits per heavy atom. The maximum atomic E-state index is 12.1. The zero-order valence-electron chi connectivity index (χ0n) is 15.1. The van der Waals surface area contributed by atoms with Crippen molar-refractivity contribution in [2.24, 2.45) is 4.99 Å². The number of carbonyl (C=O) groups is 2. The fourth-order valence-electron chi connectivity index (χ4n) is 2.73. The molecule has 0 atom stereocenters. The number of carbonyl (C=O) groups excluding carboxylic acids is 2. The van der Waals surface area contributed by atoms with Gasteiger partial charge in [-0.3, -0.25) is 9.69 Å². The SMILES string of the molecule is CCN(C(C)=O)c1nc(/C=C2\N=C(c3cc(C)cc(C)c3)OC2=O)cs1. The summed E-state index contributed by atoms with van der Waals surface area (Å²) in [4.78, 5) is 34.0. The van der Waals surface area contributed by atoms with Crippen molar-refractivity contribution in [2.75, 3.05) is 11.4 Å². The van der Waals surface area contributed by atoms with E-state index in [1.165, 1.54) is 18.3 Å². The predicted molar refractivity (Wildman–Crippen MR) is 102 cm³/mol. The van der Waals surface area contributed by atoms with E-state index in [9.17, 15) is 9.59 Å². The van der Waals surface area contributed by atoms with Crippen LogP contribution in [0.25, 0.3) is 6.08 Å². The van der Waals surface area contributed by atoms with E-state index in [1.807, 2.05) is 39.0 Å². The maximum absolute atomic E-state index is 12.1. The monoisotopic (exact) mass is 369 g/mol. The molecular weight excluding hydrogens is 350 g/mol. The number of benzene rings is 1. The Hall–Kier alpha value is -2.80. The third-order valence-corrected chi connectivity index (χ3v) is 4.69. The number of amides is 1. The first kappa shape index (κ1) is 18.0. The number of rotatable bonds is 4. The highest BCUT2D eigenvalue weighted by Crippen LogP contribution is 2.24. The second-order valence-corrected chi connectivity index (χ2v) is 6.87. The standard InChI is InChI=1S/C19H19N3O3S/c1-5-22(13(4)23)19-20-15(10-26-19)9-16-18(24)25-17(21-16)14-7-11(2)6-12(3)8-14/h6-10H,5H2,1-4H3/b16-9-. The van der Waals surface area contributed by atoms with Gasteiger partial charge in [-0.1, -0.05) is 17.2 Å². The Kier molecular flexibility index (Phi) is 4.99. The summed E-state index contributed by atoms with van der Waals surface area (Å²) in [6.45, 7) is 7.88. The summed E-state index contributed by atoms with van der Waals surface area (Å²) >= 11 is 1.35. The summed E-state index contributed by atoms with van der Waals surface area (Å²) in [7, 11) is 0. The van der Waals surface area contributed by atoms with Crippen molar-refractivity contribution in [2.45, 2.75) is 27.7 Å². The minimum absolute atomic E-state index is 0.0727. The molecule has 2 heterocycles. The van der Waals surface area contributed by atoms with E-state index in [1.54, 1.807) is 16.4 Å². The van der Waals surface area contributed by atoms with Gasteiger partial charge in [0.05, 0.1) is 5.69 Å². The van der Waals surface area contributed by atoms with Crippen molar-refractivity contribution in [3.05, 3.63) is 51.7 Å². The lowest BCUT2D eigenvalue weighted by Crippen LogP contribution is -2.27. The zero-order valence-corrected chi connectivity index (χ0v) is 15.9. The van der Waals surface area contributed by atoms with Crippen LogP contribution in [0.5, 0.6) is 0 Å². The number of hydrogen-bond donors (Lipinski definition) is 0. The second-order valence-electron chi connectivity index (χ2n) is 6.03. The molecule has 1 aromatic heterocycles. The fourth-order valence-corrected chi connectivity index (χ4v) is 3.62. The highest BCUT2D eigenvalue weighted by Gasteiger charge is 2.25. The highest BCUT2D eigenvalue weighted by atomic mass is 32.1. The lowest BCUT2D eigenvalue weighted by atomic mass is 10.1. The number of anilines is 1. The topological polar surface area (TPSA) is 71.9 Å². The number of nitrogens with zero attached hydrogens (tertiary/aromatic N) is 3. The summed E-state index contributed by atoms with van der Waals surface area (Å²) < 4.78 is 5.31. The molecule has 3 rings (SSSR count). The lowest BCUT2D eigenvalue weighted by molar-refractivity contribution is -0.130. The third-order valence-electron chi connectivity index (χ3n) is 3.81. The quantitative estimate of drug-likeness (QED) is 0.611. The first-order valence-electron chi connectivity index (χ1n) is 8.22. The molecule has 6 nitrogen and oxygen atoms in total. The molecule has 0 fully saturated rings. The molecule has 0 spiro atoms. The van der Waals surface area contributed by atoms with Gasteiger partial charge in [-0.15, -0.1) is 11.3 Å². The molecule has 1 amide bonds. The van der Waals surface area contributed by atoms with Gasteiger partial charge in [-0.25, -0.2) is 14.8 Å². The van der Waals surface area contributed by atoms with Crippen molar-refractivity contribution in [1.82, 2.24) is 4.98 Å². The highest BCUT2D eigenvalue weighted by molar-refractivity contribution is 7.14. The van der Waals surface area contributed by atoms with Crippen LogP contribution in [0.15, 0.2) is 34.3 Å². The predicted octanol–water partition coefficient (Wildman–Crippen LogP) is 3.48. The molecular formula is C19H19N3O3S. The molecule has 0 N–H and O–H groups in total. The Balaban J connectivity index is 1.89. The molecule has 1 aliphatic rings. The summed E-state index contributed by atoms with van der Waals surface area (Å²) in [5, 5.41) is 2.38. The van der Waals surface area contributed by atoms with Gasteiger partial charge in [0, 0.05) is 24.4 Å². The van der Waals surface area contributed by atoms with Gasteiger partial charge in [0.2, 0.25) is 11.8 Å². The normalized spacial score (nSPS) is 15.2. The van der Waals surface area contributed by atoms with Crippen LogP contribution in [0.2, 0.25) is 0 Å². The van der Waals surface area contributed by atoms with Crippen molar-refractivity contribution in [3.63, 3.8) is 0 Å². The van der Waals surface area contributed by atoms with E-state index >= 15 is 0 Å². The third kappa shape index (κ3) is 3.72. The summed E-state index contributed by atoms with van der Waals surface area (Å²) in [5.74, 6) is -0.286. The molecule has 0 aliphatic carbocycles. The van der Waals surface area contributed by atoms with Gasteiger partial charge in [0.25, 0.3) is 0 Å². The average Bonchev–Trinajstić information content (AvgIpc) is 3.15. The van der Waals surface area contributed by atoms with E-state index in [2.05, 4.69) is 9.98 Å². The zero-order chi connectivity index (χ0) is 18.8. The van der Waals surface area contributed by atoms with Crippen LogP contribution in [0, 0.1) is 13.8 Å². The number of aromatic nitrogens is 1. The first-order valence-corrected chi connectivity index (χ1v) is 9.10. The van der Waals surface area contributed by atoms with Crippen molar-refractivity contribution < 1.29 is 14.3 Å². The number of hydrogen-bond acceptors (Lipinski definition) is 6. The molecule has 0 saturated heterocycles. The van der Waals surface area contributed by atoms with Gasteiger partial charge in [-0.2, -0.15) is 0 Å². The van der Waals surface area contributed by atoms with Crippen molar-refractivity contribution in [1.29, 1.82) is 0 Å². The number of esters is 1. The van der Waals surface area contributed by atoms with E-state index in [4.69, 9.17) is 4.74 Å². The van der Waals surface area contributed by atoms with Gasteiger partial charge >= 0.3 is 5.97 Å². The molecule has 0 saturated carbocycles. The molecule has 1 aromatic carbocycles. The summed E-state index contributed by atoms with van der Waals surface area (Å²) in [6, 6.07) is 5.90. The Bertz CT molecular complexity index is 923. The Morgan fingerprint density at radius 3 is 2.58 bits per heavy atom. The number of cyclic esters (lactones) is 1. The molecule has 0 radical (unpaired) electrons. The molecule has 26 heavy (non-hydrogen) atoms. The smallest absolute Gasteiger partial charge is 0.363 e. The van der Waals surface area contributed by atoms with Crippen LogP contribution in [-0.2, 0) is 14.3 Å². The lowest BCUT2D eigenvalue weighted by Gasteiger charge is -2.14. The van der Waals surface area contributed by atoms with Crippen LogP contribution < -0.4 is 4.90 Å². The largest absolute Gasteiger partial charge is 0.402 e. The van der Waals surface area contributed by atoms with Crippen molar-refractivity contribution in [3.8, 4) is 0 Å². The molecule has 0 bridgehead atoms.